The lowest BCUT2D eigenvalue weighted by Crippen LogP contribution is -2.36. The first-order valence-corrected chi connectivity index (χ1v) is 6.41. The van der Waals surface area contributed by atoms with Crippen molar-refractivity contribution < 1.29 is 9.84 Å². The van der Waals surface area contributed by atoms with E-state index in [-0.39, 0.29) is 12.2 Å². The van der Waals surface area contributed by atoms with Gasteiger partial charge in [-0.1, -0.05) is 33.1 Å². The molecule has 1 aliphatic carbocycles. The molecule has 0 spiro atoms. The van der Waals surface area contributed by atoms with E-state index < -0.39 is 0 Å². The van der Waals surface area contributed by atoms with Crippen LogP contribution < -0.4 is 0 Å². The van der Waals surface area contributed by atoms with E-state index in [1.807, 2.05) is 6.92 Å². The number of aliphatic hydroxyl groups excluding tert-OH is 1. The van der Waals surface area contributed by atoms with Crippen LogP contribution in [0, 0.1) is 11.8 Å². The van der Waals surface area contributed by atoms with E-state index in [1.54, 1.807) is 0 Å². The van der Waals surface area contributed by atoms with Crippen molar-refractivity contribution in [3.8, 4) is 0 Å². The zero-order chi connectivity index (χ0) is 11.3. The third-order valence-electron chi connectivity index (χ3n) is 3.21. The van der Waals surface area contributed by atoms with Crippen LogP contribution in [-0.4, -0.2) is 23.9 Å². The van der Waals surface area contributed by atoms with Gasteiger partial charge in [0.2, 0.25) is 0 Å². The molecular weight excluding hydrogens is 188 g/mol. The van der Waals surface area contributed by atoms with Gasteiger partial charge < -0.3 is 9.84 Å². The van der Waals surface area contributed by atoms with E-state index >= 15 is 0 Å². The van der Waals surface area contributed by atoms with Crippen LogP contribution in [0.4, 0.5) is 0 Å². The molecule has 0 bridgehead atoms. The van der Waals surface area contributed by atoms with Crippen molar-refractivity contribution in [2.45, 2.75) is 65.1 Å². The van der Waals surface area contributed by atoms with E-state index in [0.717, 1.165) is 6.61 Å². The van der Waals surface area contributed by atoms with Gasteiger partial charge in [0.15, 0.2) is 0 Å². The highest BCUT2D eigenvalue weighted by atomic mass is 16.5. The second kappa shape index (κ2) is 6.49. The van der Waals surface area contributed by atoms with Gasteiger partial charge in [0.1, 0.15) is 0 Å². The Bertz CT molecular complexity index is 160. The van der Waals surface area contributed by atoms with Gasteiger partial charge in [0.05, 0.1) is 12.2 Å². The molecule has 2 atom stereocenters. The van der Waals surface area contributed by atoms with Crippen molar-refractivity contribution >= 4 is 0 Å². The molecule has 0 aromatic carbocycles. The van der Waals surface area contributed by atoms with Crippen molar-refractivity contribution in [3.05, 3.63) is 0 Å². The van der Waals surface area contributed by atoms with Crippen LogP contribution >= 0.6 is 0 Å². The van der Waals surface area contributed by atoms with Gasteiger partial charge >= 0.3 is 0 Å². The normalized spacial score (nSPS) is 23.0. The molecule has 0 saturated heterocycles. The number of hydrogen-bond acceptors (Lipinski definition) is 2. The first-order chi connectivity index (χ1) is 7.11. The van der Waals surface area contributed by atoms with Crippen molar-refractivity contribution in [3.63, 3.8) is 0 Å². The highest BCUT2D eigenvalue weighted by molar-refractivity contribution is 4.78. The van der Waals surface area contributed by atoms with Gasteiger partial charge in [0, 0.05) is 6.61 Å². The summed E-state index contributed by atoms with van der Waals surface area (Å²) in [5.41, 5.74) is 0. The molecule has 0 aromatic rings. The molecular formula is C13H26O2. The maximum atomic E-state index is 9.75. The minimum atomic E-state index is -0.327. The summed E-state index contributed by atoms with van der Waals surface area (Å²) in [4.78, 5) is 0. The predicted octanol–water partition coefficient (Wildman–Crippen LogP) is 2.99. The van der Waals surface area contributed by atoms with Crippen LogP contribution in [0.1, 0.15) is 52.9 Å². The monoisotopic (exact) mass is 214 g/mol. The molecule has 2 heteroatoms. The van der Waals surface area contributed by atoms with Crippen LogP contribution in [-0.2, 0) is 4.74 Å². The fraction of sp³-hybridized carbons (Fsp3) is 1.00. The Morgan fingerprint density at radius 1 is 1.13 bits per heavy atom. The summed E-state index contributed by atoms with van der Waals surface area (Å²) in [6.45, 7) is 6.94. The summed E-state index contributed by atoms with van der Waals surface area (Å²) in [5.74, 6) is 1.13. The van der Waals surface area contributed by atoms with Crippen molar-refractivity contribution in [1.29, 1.82) is 0 Å². The maximum absolute atomic E-state index is 9.75. The van der Waals surface area contributed by atoms with E-state index in [9.17, 15) is 5.11 Å². The third kappa shape index (κ3) is 4.52. The van der Waals surface area contributed by atoms with Crippen LogP contribution in [0.2, 0.25) is 0 Å². The molecule has 0 amide bonds. The van der Waals surface area contributed by atoms with Crippen LogP contribution in [0.3, 0.4) is 0 Å². The summed E-state index contributed by atoms with van der Waals surface area (Å²) in [7, 11) is 0. The van der Waals surface area contributed by atoms with Gasteiger partial charge in [-0.15, -0.1) is 0 Å². The molecule has 0 heterocycles. The van der Waals surface area contributed by atoms with Crippen LogP contribution in [0.5, 0.6) is 0 Å². The largest absolute Gasteiger partial charge is 0.391 e. The molecule has 2 nitrogen and oxygen atoms in total. The second-order valence-corrected chi connectivity index (χ2v) is 5.33. The molecule has 0 aliphatic heterocycles. The average Bonchev–Trinajstić information content (AvgIpc) is 2.18. The topological polar surface area (TPSA) is 29.5 Å². The highest BCUT2D eigenvalue weighted by Gasteiger charge is 2.27. The van der Waals surface area contributed by atoms with Crippen LogP contribution in [0.15, 0.2) is 0 Å². The summed E-state index contributed by atoms with van der Waals surface area (Å²) >= 11 is 0. The predicted molar refractivity (Wildman–Crippen MR) is 62.8 cm³/mol. The third-order valence-corrected chi connectivity index (χ3v) is 3.21. The maximum Gasteiger partial charge on any atom is 0.0859 e. The molecule has 90 valence electrons. The smallest absolute Gasteiger partial charge is 0.0859 e. The molecule has 1 N–H and O–H groups in total. The number of hydrogen-bond donors (Lipinski definition) is 1. The lowest BCUT2D eigenvalue weighted by atomic mass is 9.83. The standard InChI is InChI=1S/C13H26O2/c1-10(2)9-15-13(11(3)14)12-7-5-4-6-8-12/h10-14H,4-9H2,1-3H3. The van der Waals surface area contributed by atoms with Gasteiger partial charge in [-0.3, -0.25) is 0 Å². The van der Waals surface area contributed by atoms with Gasteiger partial charge in [-0.2, -0.15) is 0 Å². The first kappa shape index (κ1) is 13.0. The molecule has 0 radical (unpaired) electrons. The van der Waals surface area contributed by atoms with E-state index in [0.29, 0.717) is 11.8 Å². The molecule has 1 saturated carbocycles. The Hall–Kier alpha value is -0.0800. The Kier molecular flexibility index (Phi) is 5.62. The lowest BCUT2D eigenvalue weighted by Gasteiger charge is -2.32. The lowest BCUT2D eigenvalue weighted by molar-refractivity contribution is -0.0768. The van der Waals surface area contributed by atoms with E-state index in [4.69, 9.17) is 4.74 Å². The second-order valence-electron chi connectivity index (χ2n) is 5.33. The average molecular weight is 214 g/mol. The first-order valence-electron chi connectivity index (χ1n) is 6.41. The summed E-state index contributed by atoms with van der Waals surface area (Å²) in [5, 5.41) is 9.75. The minimum absolute atomic E-state index is 0.0627. The van der Waals surface area contributed by atoms with Crippen molar-refractivity contribution in [2.75, 3.05) is 6.61 Å². The van der Waals surface area contributed by atoms with Crippen molar-refractivity contribution in [1.82, 2.24) is 0 Å². The molecule has 0 aromatic heterocycles. The fourth-order valence-electron chi connectivity index (χ4n) is 2.44. The highest BCUT2D eigenvalue weighted by Crippen LogP contribution is 2.29. The number of ether oxygens (including phenoxy) is 1. The van der Waals surface area contributed by atoms with E-state index in [1.165, 1.54) is 32.1 Å². The zero-order valence-corrected chi connectivity index (χ0v) is 10.4. The summed E-state index contributed by atoms with van der Waals surface area (Å²) in [6.07, 6.45) is 6.16. The number of aliphatic hydroxyl groups is 1. The molecule has 1 rings (SSSR count). The summed E-state index contributed by atoms with van der Waals surface area (Å²) in [6, 6.07) is 0. The molecule has 2 unspecified atom stereocenters. The molecule has 1 aliphatic rings. The van der Waals surface area contributed by atoms with Gasteiger partial charge in [0.25, 0.3) is 0 Å². The number of rotatable bonds is 5. The Morgan fingerprint density at radius 3 is 2.20 bits per heavy atom. The quantitative estimate of drug-likeness (QED) is 0.762. The zero-order valence-electron chi connectivity index (χ0n) is 10.4. The Balaban J connectivity index is 2.41. The minimum Gasteiger partial charge on any atom is -0.391 e. The molecule has 15 heavy (non-hydrogen) atoms. The van der Waals surface area contributed by atoms with E-state index in [2.05, 4.69) is 13.8 Å². The fourth-order valence-corrected chi connectivity index (χ4v) is 2.44. The summed E-state index contributed by atoms with van der Waals surface area (Å²) < 4.78 is 5.85. The van der Waals surface area contributed by atoms with Crippen LogP contribution in [0.25, 0.3) is 0 Å². The SMILES string of the molecule is CC(C)COC(C(C)O)C1CCCCC1. The van der Waals surface area contributed by atoms with Crippen molar-refractivity contribution in [2.24, 2.45) is 11.8 Å². The van der Waals surface area contributed by atoms with Gasteiger partial charge in [-0.25, -0.2) is 0 Å². The molecule has 1 fully saturated rings. The van der Waals surface area contributed by atoms with Gasteiger partial charge in [-0.05, 0) is 31.6 Å². The Morgan fingerprint density at radius 2 is 1.73 bits per heavy atom. The Labute approximate surface area is 94.0 Å².